The molecule has 1 aliphatic rings. The molecule has 34 heavy (non-hydrogen) atoms. The summed E-state index contributed by atoms with van der Waals surface area (Å²) in [6.07, 6.45) is 3.25. The van der Waals surface area contributed by atoms with E-state index in [0.717, 1.165) is 65.2 Å². The summed E-state index contributed by atoms with van der Waals surface area (Å²) >= 11 is 0. The summed E-state index contributed by atoms with van der Waals surface area (Å²) in [5.41, 5.74) is 6.08. The number of aromatic nitrogens is 2. The Balaban J connectivity index is 1.78. The third-order valence-electron chi connectivity index (χ3n) is 7.73. The number of piperidine rings is 1. The van der Waals surface area contributed by atoms with Crippen molar-refractivity contribution in [3.63, 3.8) is 0 Å². The predicted molar refractivity (Wildman–Crippen MR) is 141 cm³/mol. The number of nitriles is 1. The normalized spacial score (nSPS) is 15.8. The van der Waals surface area contributed by atoms with E-state index in [1.807, 2.05) is 12.1 Å². The third-order valence-corrected chi connectivity index (χ3v) is 7.73. The zero-order valence-corrected chi connectivity index (χ0v) is 20.9. The van der Waals surface area contributed by atoms with Crippen molar-refractivity contribution in [3.8, 4) is 6.07 Å². The van der Waals surface area contributed by atoms with Crippen LogP contribution in [-0.4, -0.2) is 33.6 Å². The maximum absolute atomic E-state index is 13.9. The SMILES string of the molecule is CCc1cc2c(=O)c3c4ccc(C#N)cc4[nH]c3n(C(C)C)c2cc1C1CCN(C(C)C)CC1. The van der Waals surface area contributed by atoms with Crippen molar-refractivity contribution >= 4 is 32.8 Å². The van der Waals surface area contributed by atoms with Crippen LogP contribution in [0.3, 0.4) is 0 Å². The highest BCUT2D eigenvalue weighted by Gasteiger charge is 2.26. The molecule has 0 unspecified atom stereocenters. The minimum Gasteiger partial charge on any atom is -0.340 e. The van der Waals surface area contributed by atoms with Gasteiger partial charge in [-0.1, -0.05) is 13.0 Å². The summed E-state index contributed by atoms with van der Waals surface area (Å²) in [6.45, 7) is 13.4. The van der Waals surface area contributed by atoms with Crippen LogP contribution in [-0.2, 0) is 6.42 Å². The van der Waals surface area contributed by atoms with Crippen LogP contribution in [0.5, 0.6) is 0 Å². The number of nitrogens with zero attached hydrogens (tertiary/aromatic N) is 3. The highest BCUT2D eigenvalue weighted by molar-refractivity contribution is 6.10. The molecule has 1 aliphatic heterocycles. The maximum atomic E-state index is 13.9. The van der Waals surface area contributed by atoms with Crippen molar-refractivity contribution in [1.82, 2.24) is 14.5 Å². The van der Waals surface area contributed by atoms with Crippen molar-refractivity contribution in [3.05, 3.63) is 57.2 Å². The lowest BCUT2D eigenvalue weighted by molar-refractivity contribution is 0.171. The fraction of sp³-hybridized carbons (Fsp3) is 0.448. The molecule has 1 N–H and O–H groups in total. The minimum absolute atomic E-state index is 0.0775. The average molecular weight is 455 g/mol. The van der Waals surface area contributed by atoms with Gasteiger partial charge in [0.1, 0.15) is 5.65 Å². The van der Waals surface area contributed by atoms with Crippen LogP contribution in [0.4, 0.5) is 0 Å². The van der Waals surface area contributed by atoms with Gasteiger partial charge >= 0.3 is 0 Å². The molecule has 0 spiro atoms. The van der Waals surface area contributed by atoms with Gasteiger partial charge in [0.05, 0.1) is 22.5 Å². The van der Waals surface area contributed by atoms with Gasteiger partial charge in [0.2, 0.25) is 0 Å². The van der Waals surface area contributed by atoms with Crippen LogP contribution in [0.1, 0.15) is 76.1 Å². The van der Waals surface area contributed by atoms with Crippen molar-refractivity contribution in [2.24, 2.45) is 0 Å². The summed E-state index contributed by atoms with van der Waals surface area (Å²) in [4.78, 5) is 19.9. The second-order valence-corrected chi connectivity index (χ2v) is 10.3. The molecule has 0 radical (unpaired) electrons. The minimum atomic E-state index is 0.0775. The molecule has 0 saturated carbocycles. The van der Waals surface area contributed by atoms with Gasteiger partial charge in [-0.15, -0.1) is 0 Å². The quantitative estimate of drug-likeness (QED) is 0.397. The van der Waals surface area contributed by atoms with E-state index in [9.17, 15) is 10.1 Å². The Bertz CT molecular complexity index is 1490. The summed E-state index contributed by atoms with van der Waals surface area (Å²) in [5, 5.41) is 11.8. The largest absolute Gasteiger partial charge is 0.340 e. The van der Waals surface area contributed by atoms with Crippen LogP contribution in [0.2, 0.25) is 0 Å². The topological polar surface area (TPSA) is 64.8 Å². The number of fused-ring (bicyclic) bond motifs is 4. The smallest absolute Gasteiger partial charge is 0.199 e. The number of pyridine rings is 1. The number of aryl methyl sites for hydroxylation is 1. The van der Waals surface area contributed by atoms with Gasteiger partial charge in [-0.25, -0.2) is 0 Å². The van der Waals surface area contributed by atoms with E-state index in [1.54, 1.807) is 6.07 Å². The first-order chi connectivity index (χ1) is 16.3. The molecule has 5 rings (SSSR count). The molecule has 3 heterocycles. The first-order valence-electron chi connectivity index (χ1n) is 12.6. The van der Waals surface area contributed by atoms with Gasteiger partial charge in [-0.05, 0) is 101 Å². The first-order valence-corrected chi connectivity index (χ1v) is 12.6. The van der Waals surface area contributed by atoms with Crippen molar-refractivity contribution < 1.29 is 0 Å². The number of hydrogen-bond donors (Lipinski definition) is 1. The van der Waals surface area contributed by atoms with Crippen LogP contribution in [0.25, 0.3) is 32.8 Å². The molecule has 176 valence electrons. The van der Waals surface area contributed by atoms with Gasteiger partial charge in [-0.2, -0.15) is 5.26 Å². The van der Waals surface area contributed by atoms with E-state index in [4.69, 9.17) is 0 Å². The van der Waals surface area contributed by atoms with Gasteiger partial charge in [0, 0.05) is 28.4 Å². The second-order valence-electron chi connectivity index (χ2n) is 10.3. The van der Waals surface area contributed by atoms with E-state index in [0.29, 0.717) is 17.5 Å². The molecule has 0 aliphatic carbocycles. The Morgan fingerprint density at radius 1 is 1.06 bits per heavy atom. The lowest BCUT2D eigenvalue weighted by atomic mass is 9.84. The van der Waals surface area contributed by atoms with Gasteiger partial charge in [0.15, 0.2) is 5.43 Å². The van der Waals surface area contributed by atoms with Gasteiger partial charge in [0.25, 0.3) is 0 Å². The Kier molecular flexibility index (Phi) is 5.73. The second kappa shape index (κ2) is 8.60. The average Bonchev–Trinajstić information content (AvgIpc) is 3.21. The van der Waals surface area contributed by atoms with E-state index >= 15 is 0 Å². The summed E-state index contributed by atoms with van der Waals surface area (Å²) in [7, 11) is 0. The van der Waals surface area contributed by atoms with Crippen LogP contribution in [0, 0.1) is 11.3 Å². The summed E-state index contributed by atoms with van der Waals surface area (Å²) in [6, 6.07) is 13.0. The van der Waals surface area contributed by atoms with Crippen molar-refractivity contribution in [2.75, 3.05) is 13.1 Å². The predicted octanol–water partition coefficient (Wildman–Crippen LogP) is 6.24. The summed E-state index contributed by atoms with van der Waals surface area (Å²) in [5.74, 6) is 0.529. The number of likely N-dealkylation sites (tertiary alicyclic amines) is 1. The highest BCUT2D eigenvalue weighted by Crippen LogP contribution is 2.36. The molecule has 0 amide bonds. The Hall–Kier alpha value is -3.10. The molecule has 5 heteroatoms. The molecule has 2 aromatic heterocycles. The van der Waals surface area contributed by atoms with E-state index in [-0.39, 0.29) is 11.5 Å². The maximum Gasteiger partial charge on any atom is 0.199 e. The summed E-state index contributed by atoms with van der Waals surface area (Å²) < 4.78 is 2.28. The lowest BCUT2D eigenvalue weighted by Crippen LogP contribution is -2.38. The monoisotopic (exact) mass is 454 g/mol. The molecule has 5 nitrogen and oxygen atoms in total. The molecule has 0 atom stereocenters. The molecule has 0 bridgehead atoms. The lowest BCUT2D eigenvalue weighted by Gasteiger charge is -2.35. The van der Waals surface area contributed by atoms with E-state index in [2.05, 4.69) is 67.3 Å². The molecule has 1 fully saturated rings. The number of rotatable bonds is 4. The Labute approximate surface area is 201 Å². The molecular formula is C29H34N4O. The zero-order valence-electron chi connectivity index (χ0n) is 20.9. The van der Waals surface area contributed by atoms with E-state index < -0.39 is 0 Å². The molecule has 2 aromatic carbocycles. The standard InChI is InChI=1S/C29H34N4O/c1-6-20-14-24-26(15-23(20)21-9-11-32(12-10-21)17(2)3)33(18(4)5)29-27(28(24)34)22-8-7-19(16-30)13-25(22)31-29/h7-8,13-15,17-18,21,31H,6,9-12H2,1-5H3. The third kappa shape index (κ3) is 3.52. The number of H-pyrrole nitrogens is 1. The van der Waals surface area contributed by atoms with Crippen LogP contribution in [0.15, 0.2) is 35.1 Å². The number of hydrogen-bond acceptors (Lipinski definition) is 3. The van der Waals surface area contributed by atoms with Crippen LogP contribution < -0.4 is 5.43 Å². The molecular weight excluding hydrogens is 420 g/mol. The fourth-order valence-corrected chi connectivity index (χ4v) is 5.90. The highest BCUT2D eigenvalue weighted by atomic mass is 16.1. The number of benzene rings is 2. The van der Waals surface area contributed by atoms with Gasteiger partial charge < -0.3 is 14.5 Å². The fourth-order valence-electron chi connectivity index (χ4n) is 5.90. The Morgan fingerprint density at radius 2 is 1.79 bits per heavy atom. The Morgan fingerprint density at radius 3 is 2.41 bits per heavy atom. The van der Waals surface area contributed by atoms with Crippen LogP contribution >= 0.6 is 0 Å². The van der Waals surface area contributed by atoms with Crippen molar-refractivity contribution in [2.45, 2.75) is 71.9 Å². The van der Waals surface area contributed by atoms with Crippen molar-refractivity contribution in [1.29, 1.82) is 5.26 Å². The van der Waals surface area contributed by atoms with Gasteiger partial charge in [-0.3, -0.25) is 4.79 Å². The molecule has 4 aromatic rings. The number of aromatic amines is 1. The molecule has 1 saturated heterocycles. The van der Waals surface area contributed by atoms with E-state index in [1.165, 1.54) is 11.1 Å². The number of nitrogens with one attached hydrogen (secondary N) is 1. The first kappa shape index (κ1) is 22.7. The zero-order chi connectivity index (χ0) is 24.1.